The van der Waals surface area contributed by atoms with Gasteiger partial charge in [-0.25, -0.2) is 0 Å². The molecule has 1 aromatic carbocycles. The molecule has 4 heteroatoms. The Labute approximate surface area is 107 Å². The van der Waals surface area contributed by atoms with E-state index in [-0.39, 0.29) is 5.91 Å². The highest BCUT2D eigenvalue weighted by molar-refractivity contribution is 9.08. The first kappa shape index (κ1) is 11.6. The van der Waals surface area contributed by atoms with Crippen LogP contribution in [0, 0.1) is 0 Å². The van der Waals surface area contributed by atoms with E-state index in [1.165, 1.54) is 10.1 Å². The molecule has 2 aromatic rings. The topological polar surface area (TPSA) is 20.3 Å². The van der Waals surface area contributed by atoms with Crippen LogP contribution in [0.2, 0.25) is 0 Å². The summed E-state index contributed by atoms with van der Waals surface area (Å²) in [6, 6.07) is 8.12. The smallest absolute Gasteiger partial charge is 0.263 e. The normalized spacial score (nSPS) is 10.7. The molecule has 2 nitrogen and oxygen atoms in total. The molecule has 0 saturated carbocycles. The number of hydrogen-bond donors (Lipinski definition) is 0. The lowest BCUT2D eigenvalue weighted by atomic mass is 10.1. The molecule has 0 radical (unpaired) electrons. The largest absolute Gasteiger partial charge is 0.344 e. The zero-order valence-corrected chi connectivity index (χ0v) is 11.6. The monoisotopic (exact) mass is 297 g/mol. The highest BCUT2D eigenvalue weighted by Crippen LogP contribution is 2.33. The van der Waals surface area contributed by atoms with Crippen molar-refractivity contribution in [1.29, 1.82) is 0 Å². The molecule has 0 fully saturated rings. The summed E-state index contributed by atoms with van der Waals surface area (Å²) in [5.41, 5.74) is 1.10. The van der Waals surface area contributed by atoms with Crippen LogP contribution in [0.15, 0.2) is 24.3 Å². The van der Waals surface area contributed by atoms with E-state index < -0.39 is 0 Å². The molecule has 1 heterocycles. The van der Waals surface area contributed by atoms with Crippen molar-refractivity contribution in [2.24, 2.45) is 0 Å². The summed E-state index contributed by atoms with van der Waals surface area (Å²) in [5.74, 6) is 0.0793. The number of carbonyl (C=O) groups is 1. The molecule has 0 N–H and O–H groups in total. The summed E-state index contributed by atoms with van der Waals surface area (Å²) in [5, 5.41) is 1.89. The van der Waals surface area contributed by atoms with E-state index in [1.54, 1.807) is 30.3 Å². The average molecular weight is 298 g/mol. The predicted octanol–water partition coefficient (Wildman–Crippen LogP) is 3.50. The maximum atomic E-state index is 12.0. The zero-order valence-electron chi connectivity index (χ0n) is 9.16. The van der Waals surface area contributed by atoms with Gasteiger partial charge in [-0.1, -0.05) is 34.1 Å². The van der Waals surface area contributed by atoms with Gasteiger partial charge in [-0.3, -0.25) is 4.79 Å². The van der Waals surface area contributed by atoms with Crippen LogP contribution < -0.4 is 0 Å². The number of rotatable bonds is 2. The summed E-state index contributed by atoms with van der Waals surface area (Å²) in [6.07, 6.45) is 0. The van der Waals surface area contributed by atoms with Gasteiger partial charge in [0.05, 0.1) is 4.88 Å². The average Bonchev–Trinajstić information content (AvgIpc) is 2.65. The highest BCUT2D eigenvalue weighted by Gasteiger charge is 2.18. The van der Waals surface area contributed by atoms with Crippen molar-refractivity contribution in [3.05, 3.63) is 34.7 Å². The van der Waals surface area contributed by atoms with Crippen LogP contribution in [-0.2, 0) is 5.33 Å². The fourth-order valence-corrected chi connectivity index (χ4v) is 3.62. The molecular formula is C12H12BrNOS. The first-order valence-corrected chi connectivity index (χ1v) is 6.87. The first-order chi connectivity index (χ1) is 7.65. The summed E-state index contributed by atoms with van der Waals surface area (Å²) < 4.78 is 1.17. The van der Waals surface area contributed by atoms with Crippen molar-refractivity contribution < 1.29 is 4.79 Å². The zero-order chi connectivity index (χ0) is 11.7. The Morgan fingerprint density at radius 3 is 2.69 bits per heavy atom. The van der Waals surface area contributed by atoms with Crippen LogP contribution in [0.4, 0.5) is 0 Å². The Morgan fingerprint density at radius 1 is 1.38 bits per heavy atom. The van der Waals surface area contributed by atoms with Crippen molar-refractivity contribution in [3.63, 3.8) is 0 Å². The number of nitrogens with zero attached hydrogens (tertiary/aromatic N) is 1. The van der Waals surface area contributed by atoms with Gasteiger partial charge in [-0.15, -0.1) is 11.3 Å². The molecule has 0 aliphatic carbocycles. The molecule has 1 aromatic heterocycles. The molecule has 84 valence electrons. The fraction of sp³-hybridized carbons (Fsp3) is 0.250. The number of amides is 1. The number of thiophene rings is 1. The number of benzene rings is 1. The van der Waals surface area contributed by atoms with Gasteiger partial charge in [-0.05, 0) is 17.0 Å². The number of fused-ring (bicyclic) bond motifs is 1. The van der Waals surface area contributed by atoms with Gasteiger partial charge in [-0.2, -0.15) is 0 Å². The number of halogens is 1. The van der Waals surface area contributed by atoms with E-state index >= 15 is 0 Å². The molecule has 16 heavy (non-hydrogen) atoms. The number of carbonyl (C=O) groups excluding carboxylic acids is 1. The Hall–Kier alpha value is -0.870. The van der Waals surface area contributed by atoms with Gasteiger partial charge < -0.3 is 4.90 Å². The molecule has 1 amide bonds. The van der Waals surface area contributed by atoms with Gasteiger partial charge in [0.1, 0.15) is 0 Å². The minimum absolute atomic E-state index is 0.0793. The number of hydrogen-bond acceptors (Lipinski definition) is 2. The van der Waals surface area contributed by atoms with E-state index in [0.29, 0.717) is 5.33 Å². The van der Waals surface area contributed by atoms with Gasteiger partial charge in [0.25, 0.3) is 5.91 Å². The van der Waals surface area contributed by atoms with Gasteiger partial charge >= 0.3 is 0 Å². The maximum absolute atomic E-state index is 12.0. The lowest BCUT2D eigenvalue weighted by Gasteiger charge is -2.09. The Kier molecular flexibility index (Phi) is 3.30. The van der Waals surface area contributed by atoms with Gasteiger partial charge in [0.2, 0.25) is 0 Å². The SMILES string of the molecule is CN(C)C(=O)c1sc2ccccc2c1CBr. The van der Waals surface area contributed by atoms with E-state index in [2.05, 4.69) is 28.1 Å². The third kappa shape index (κ3) is 1.87. The molecule has 0 bridgehead atoms. The van der Waals surface area contributed by atoms with Crippen molar-refractivity contribution in [2.45, 2.75) is 5.33 Å². The third-order valence-electron chi connectivity index (χ3n) is 2.43. The van der Waals surface area contributed by atoms with Crippen molar-refractivity contribution in [3.8, 4) is 0 Å². The van der Waals surface area contributed by atoms with E-state index in [9.17, 15) is 4.79 Å². The minimum Gasteiger partial charge on any atom is -0.344 e. The summed E-state index contributed by atoms with van der Waals surface area (Å²) in [7, 11) is 3.56. The molecule has 0 atom stereocenters. The van der Waals surface area contributed by atoms with E-state index in [4.69, 9.17) is 0 Å². The van der Waals surface area contributed by atoms with Crippen LogP contribution in [0.25, 0.3) is 10.1 Å². The molecule has 0 saturated heterocycles. The van der Waals surface area contributed by atoms with Crippen LogP contribution in [-0.4, -0.2) is 24.9 Å². The third-order valence-corrected chi connectivity index (χ3v) is 4.19. The van der Waals surface area contributed by atoms with Crippen molar-refractivity contribution >= 4 is 43.3 Å². The van der Waals surface area contributed by atoms with Crippen molar-refractivity contribution in [1.82, 2.24) is 4.90 Å². The standard InChI is InChI=1S/C12H12BrNOS/c1-14(2)12(15)11-9(7-13)8-5-3-4-6-10(8)16-11/h3-6H,7H2,1-2H3. The van der Waals surface area contributed by atoms with Crippen LogP contribution in [0.3, 0.4) is 0 Å². The van der Waals surface area contributed by atoms with Gasteiger partial charge in [0.15, 0.2) is 0 Å². The summed E-state index contributed by atoms with van der Waals surface area (Å²) in [4.78, 5) is 14.5. The van der Waals surface area contributed by atoms with Crippen molar-refractivity contribution in [2.75, 3.05) is 14.1 Å². The van der Waals surface area contributed by atoms with E-state index in [0.717, 1.165) is 10.4 Å². The van der Waals surface area contributed by atoms with Gasteiger partial charge in [0, 0.05) is 24.1 Å². The van der Waals surface area contributed by atoms with E-state index in [1.807, 2.05) is 12.1 Å². The summed E-state index contributed by atoms with van der Waals surface area (Å²) >= 11 is 5.03. The second kappa shape index (κ2) is 4.55. The summed E-state index contributed by atoms with van der Waals surface area (Å²) in [6.45, 7) is 0. The van der Waals surface area contributed by atoms with Crippen LogP contribution in [0.5, 0.6) is 0 Å². The molecule has 0 aliphatic heterocycles. The van der Waals surface area contributed by atoms with Crippen LogP contribution >= 0.6 is 27.3 Å². The quantitative estimate of drug-likeness (QED) is 0.777. The molecule has 0 unspecified atom stereocenters. The second-order valence-corrected chi connectivity index (χ2v) is 5.35. The number of alkyl halides is 1. The Morgan fingerprint density at radius 2 is 2.06 bits per heavy atom. The maximum Gasteiger partial charge on any atom is 0.263 e. The molecule has 0 spiro atoms. The Balaban J connectivity index is 2.65. The lowest BCUT2D eigenvalue weighted by Crippen LogP contribution is -2.21. The minimum atomic E-state index is 0.0793. The molecule has 2 rings (SSSR count). The Bertz CT molecular complexity index is 533. The predicted molar refractivity (Wildman–Crippen MR) is 72.5 cm³/mol. The second-order valence-electron chi connectivity index (χ2n) is 3.74. The molecule has 0 aliphatic rings. The first-order valence-electron chi connectivity index (χ1n) is 4.93. The highest BCUT2D eigenvalue weighted by atomic mass is 79.9. The lowest BCUT2D eigenvalue weighted by molar-refractivity contribution is 0.0831. The fourth-order valence-electron chi connectivity index (χ4n) is 1.61. The van der Waals surface area contributed by atoms with Crippen LogP contribution in [0.1, 0.15) is 15.2 Å². The molecular weight excluding hydrogens is 286 g/mol.